The molecule has 0 radical (unpaired) electrons. The fourth-order valence-corrected chi connectivity index (χ4v) is 3.07. The maximum absolute atomic E-state index is 6.27. The largest absolute Gasteiger partial charge is 0.327 e. The first-order valence-electron chi connectivity index (χ1n) is 6.98. The summed E-state index contributed by atoms with van der Waals surface area (Å²) >= 11 is 6.27. The first-order chi connectivity index (χ1) is 9.58. The highest BCUT2D eigenvalue weighted by molar-refractivity contribution is 6.35. The molecule has 3 rings (SSSR count). The molecule has 0 aliphatic heterocycles. The smallest absolute Gasteiger partial charge is 0.157 e. The summed E-state index contributed by atoms with van der Waals surface area (Å²) in [4.78, 5) is 8.89. The fourth-order valence-electron chi connectivity index (χ4n) is 2.84. The average molecular weight is 288 g/mol. The highest BCUT2D eigenvalue weighted by atomic mass is 35.5. The van der Waals surface area contributed by atoms with Crippen LogP contribution in [0.25, 0.3) is 21.9 Å². The summed E-state index contributed by atoms with van der Waals surface area (Å²) in [5.74, 6) is 0.644. The van der Waals surface area contributed by atoms with Gasteiger partial charge in [0, 0.05) is 11.4 Å². The lowest BCUT2D eigenvalue weighted by atomic mass is 10.0. The molecule has 2 aromatic heterocycles. The highest BCUT2D eigenvalue weighted by Gasteiger charge is 2.16. The van der Waals surface area contributed by atoms with Crippen LogP contribution < -0.4 is 0 Å². The van der Waals surface area contributed by atoms with Crippen molar-refractivity contribution in [1.29, 1.82) is 0 Å². The Labute approximate surface area is 123 Å². The molecule has 3 nitrogen and oxygen atoms in total. The molecule has 0 aliphatic carbocycles. The van der Waals surface area contributed by atoms with Gasteiger partial charge in [-0.1, -0.05) is 43.6 Å². The van der Waals surface area contributed by atoms with E-state index in [1.54, 1.807) is 0 Å². The molecule has 2 heterocycles. The number of aromatic nitrogens is 3. The Kier molecular flexibility index (Phi) is 3.38. The van der Waals surface area contributed by atoms with Crippen LogP contribution in [0.5, 0.6) is 0 Å². The van der Waals surface area contributed by atoms with E-state index in [2.05, 4.69) is 41.4 Å². The molecule has 4 heteroatoms. The fraction of sp³-hybridized carbons (Fsp3) is 0.375. The van der Waals surface area contributed by atoms with E-state index >= 15 is 0 Å². The number of fused-ring (bicyclic) bond motifs is 3. The number of hydrogen-bond acceptors (Lipinski definition) is 2. The van der Waals surface area contributed by atoms with Gasteiger partial charge in [0.25, 0.3) is 0 Å². The third kappa shape index (κ3) is 2.16. The van der Waals surface area contributed by atoms with Crippen LogP contribution in [0.1, 0.15) is 33.2 Å². The molecule has 1 atom stereocenters. The minimum Gasteiger partial charge on any atom is -0.327 e. The maximum atomic E-state index is 6.27. The lowest BCUT2D eigenvalue weighted by molar-refractivity contribution is 0.436. The molecule has 104 valence electrons. The summed E-state index contributed by atoms with van der Waals surface area (Å²) in [6.45, 7) is 6.70. The molecule has 1 unspecified atom stereocenters. The monoisotopic (exact) mass is 287 g/mol. The minimum atomic E-state index is 0.391. The van der Waals surface area contributed by atoms with E-state index in [0.717, 1.165) is 28.4 Å². The molecule has 0 fully saturated rings. The SMILES string of the molecule is CC(C)CC(C)n1cnc2c(Cl)nc3ccccc3c21. The summed E-state index contributed by atoms with van der Waals surface area (Å²) in [7, 11) is 0. The molecule has 1 aromatic carbocycles. The van der Waals surface area contributed by atoms with Crippen molar-refractivity contribution < 1.29 is 0 Å². The van der Waals surface area contributed by atoms with Crippen LogP contribution in [0.15, 0.2) is 30.6 Å². The van der Waals surface area contributed by atoms with Crippen molar-refractivity contribution >= 4 is 33.5 Å². The minimum absolute atomic E-state index is 0.391. The molecule has 0 amide bonds. The molecular formula is C16H18ClN3. The number of rotatable bonds is 3. The Morgan fingerprint density at radius 2 is 1.95 bits per heavy atom. The number of halogens is 1. The molecule has 3 aromatic rings. The van der Waals surface area contributed by atoms with Crippen molar-refractivity contribution in [2.24, 2.45) is 5.92 Å². The Morgan fingerprint density at radius 1 is 1.20 bits per heavy atom. The van der Waals surface area contributed by atoms with Gasteiger partial charge in [-0.2, -0.15) is 0 Å². The molecule has 0 spiro atoms. The van der Waals surface area contributed by atoms with Crippen molar-refractivity contribution in [2.75, 3.05) is 0 Å². The Hall–Kier alpha value is -1.61. The van der Waals surface area contributed by atoms with E-state index in [-0.39, 0.29) is 0 Å². The van der Waals surface area contributed by atoms with E-state index < -0.39 is 0 Å². The lowest BCUT2D eigenvalue weighted by Gasteiger charge is -2.17. The van der Waals surface area contributed by atoms with Crippen molar-refractivity contribution in [3.63, 3.8) is 0 Å². The van der Waals surface area contributed by atoms with Gasteiger partial charge in [-0.15, -0.1) is 0 Å². The second-order valence-corrected chi connectivity index (χ2v) is 6.11. The summed E-state index contributed by atoms with van der Waals surface area (Å²) < 4.78 is 2.23. The van der Waals surface area contributed by atoms with Crippen LogP contribution >= 0.6 is 11.6 Å². The zero-order chi connectivity index (χ0) is 14.3. The second kappa shape index (κ2) is 5.06. The first-order valence-corrected chi connectivity index (χ1v) is 7.36. The van der Waals surface area contributed by atoms with Crippen LogP contribution in [-0.4, -0.2) is 14.5 Å². The number of hydrogen-bond donors (Lipinski definition) is 0. The highest BCUT2D eigenvalue weighted by Crippen LogP contribution is 2.31. The third-order valence-electron chi connectivity index (χ3n) is 3.65. The lowest BCUT2D eigenvalue weighted by Crippen LogP contribution is -2.07. The predicted octanol–water partition coefficient (Wildman–Crippen LogP) is 4.85. The van der Waals surface area contributed by atoms with Crippen molar-refractivity contribution in [3.8, 4) is 0 Å². The zero-order valence-corrected chi connectivity index (χ0v) is 12.7. The maximum Gasteiger partial charge on any atom is 0.157 e. The number of imidazole rings is 1. The van der Waals surface area contributed by atoms with Gasteiger partial charge in [-0.05, 0) is 25.3 Å². The first kappa shape index (κ1) is 13.4. The molecular weight excluding hydrogens is 270 g/mol. The van der Waals surface area contributed by atoms with Crippen LogP contribution in [0.3, 0.4) is 0 Å². The van der Waals surface area contributed by atoms with Gasteiger partial charge in [-0.25, -0.2) is 9.97 Å². The number of para-hydroxylation sites is 1. The molecule has 0 bridgehead atoms. The third-order valence-corrected chi connectivity index (χ3v) is 3.92. The van der Waals surface area contributed by atoms with Crippen LogP contribution in [-0.2, 0) is 0 Å². The van der Waals surface area contributed by atoms with Crippen LogP contribution in [0.2, 0.25) is 5.15 Å². The second-order valence-electron chi connectivity index (χ2n) is 5.75. The van der Waals surface area contributed by atoms with Gasteiger partial charge in [-0.3, -0.25) is 0 Å². The summed E-state index contributed by atoms with van der Waals surface area (Å²) in [5.41, 5.74) is 2.80. The number of pyridine rings is 1. The topological polar surface area (TPSA) is 30.7 Å². The van der Waals surface area contributed by atoms with Crippen molar-refractivity contribution in [2.45, 2.75) is 33.2 Å². The Bertz CT molecular complexity index is 761. The van der Waals surface area contributed by atoms with Gasteiger partial charge in [0.15, 0.2) is 5.15 Å². The van der Waals surface area contributed by atoms with Gasteiger partial charge >= 0.3 is 0 Å². The zero-order valence-electron chi connectivity index (χ0n) is 12.0. The van der Waals surface area contributed by atoms with Crippen LogP contribution in [0.4, 0.5) is 0 Å². The summed E-state index contributed by atoms with van der Waals surface area (Å²) in [6, 6.07) is 8.48. The van der Waals surface area contributed by atoms with Gasteiger partial charge in [0.05, 0.1) is 17.4 Å². The molecule has 0 aliphatic rings. The Balaban J connectivity index is 2.29. The van der Waals surface area contributed by atoms with Crippen molar-refractivity contribution in [1.82, 2.24) is 14.5 Å². The van der Waals surface area contributed by atoms with E-state index in [0.29, 0.717) is 17.1 Å². The molecule has 0 N–H and O–H groups in total. The molecule has 0 saturated carbocycles. The predicted molar refractivity (Wildman–Crippen MR) is 84.2 cm³/mol. The standard InChI is InChI=1S/C16H18ClN3/c1-10(2)8-11(3)20-9-18-14-15(20)12-6-4-5-7-13(12)19-16(14)17/h4-7,9-11H,8H2,1-3H3. The van der Waals surface area contributed by atoms with Crippen LogP contribution in [0, 0.1) is 5.92 Å². The summed E-state index contributed by atoms with van der Waals surface area (Å²) in [5, 5.41) is 1.59. The summed E-state index contributed by atoms with van der Waals surface area (Å²) in [6.07, 6.45) is 3.00. The van der Waals surface area contributed by atoms with E-state index in [9.17, 15) is 0 Å². The molecule has 0 saturated heterocycles. The van der Waals surface area contributed by atoms with E-state index in [1.807, 2.05) is 24.5 Å². The average Bonchev–Trinajstić information content (AvgIpc) is 2.83. The quantitative estimate of drug-likeness (QED) is 0.645. The van der Waals surface area contributed by atoms with Gasteiger partial charge in [0.2, 0.25) is 0 Å². The number of nitrogens with zero attached hydrogens (tertiary/aromatic N) is 3. The van der Waals surface area contributed by atoms with Gasteiger partial charge in [0.1, 0.15) is 5.52 Å². The molecule has 20 heavy (non-hydrogen) atoms. The Morgan fingerprint density at radius 3 is 2.70 bits per heavy atom. The van der Waals surface area contributed by atoms with E-state index in [1.165, 1.54) is 0 Å². The normalized spacial score (nSPS) is 13.4. The van der Waals surface area contributed by atoms with E-state index in [4.69, 9.17) is 11.6 Å². The van der Waals surface area contributed by atoms with Crippen molar-refractivity contribution in [3.05, 3.63) is 35.7 Å². The van der Waals surface area contributed by atoms with Gasteiger partial charge < -0.3 is 4.57 Å². The number of benzene rings is 1.